The van der Waals surface area contributed by atoms with Crippen LogP contribution in [-0.2, 0) is 15.6 Å². The zero-order chi connectivity index (χ0) is 29.7. The van der Waals surface area contributed by atoms with Crippen molar-refractivity contribution in [1.82, 2.24) is 0 Å². The number of furan rings is 1. The molecule has 7 heteroatoms. The second kappa shape index (κ2) is 10.1. The Hall–Kier alpha value is -4.13. The first-order valence-electron chi connectivity index (χ1n) is 13.3. The quantitative estimate of drug-likeness (QED) is 0.196. The number of rotatable bonds is 5. The number of ketones is 2. The number of ether oxygens (including phenoxy) is 1. The zero-order valence-electron chi connectivity index (χ0n) is 24.3. The van der Waals surface area contributed by atoms with Crippen molar-refractivity contribution in [3.8, 4) is 11.5 Å². The third-order valence-electron chi connectivity index (χ3n) is 7.01. The van der Waals surface area contributed by atoms with Crippen LogP contribution in [0.5, 0.6) is 11.5 Å². The Labute approximate surface area is 234 Å². The van der Waals surface area contributed by atoms with Crippen LogP contribution in [0.2, 0.25) is 0 Å². The van der Waals surface area contributed by atoms with Gasteiger partial charge < -0.3 is 19.4 Å². The fourth-order valence-corrected chi connectivity index (χ4v) is 4.73. The van der Waals surface area contributed by atoms with Gasteiger partial charge in [-0.2, -0.15) is 0 Å². The van der Waals surface area contributed by atoms with Crippen molar-refractivity contribution in [2.45, 2.75) is 78.7 Å². The van der Waals surface area contributed by atoms with E-state index in [0.29, 0.717) is 5.58 Å². The van der Waals surface area contributed by atoms with Gasteiger partial charge in [-0.05, 0) is 60.6 Å². The number of hydrogen-bond acceptors (Lipinski definition) is 7. The molecule has 0 saturated carbocycles. The molecular formula is C33H36O7. The van der Waals surface area contributed by atoms with E-state index >= 15 is 0 Å². The molecule has 0 bridgehead atoms. The van der Waals surface area contributed by atoms with E-state index in [4.69, 9.17) is 9.15 Å². The Morgan fingerprint density at radius 3 is 2.15 bits per heavy atom. The minimum Gasteiger partial charge on any atom is -0.507 e. The predicted molar refractivity (Wildman–Crippen MR) is 153 cm³/mol. The first-order valence-corrected chi connectivity index (χ1v) is 13.3. The summed E-state index contributed by atoms with van der Waals surface area (Å²) in [7, 11) is 0. The van der Waals surface area contributed by atoms with Gasteiger partial charge in [0.2, 0.25) is 5.76 Å². The van der Waals surface area contributed by atoms with Crippen molar-refractivity contribution in [3.63, 3.8) is 0 Å². The molecule has 210 valence electrons. The fraction of sp³-hybridized carbons (Fsp3) is 0.364. The van der Waals surface area contributed by atoms with E-state index in [-0.39, 0.29) is 39.7 Å². The van der Waals surface area contributed by atoms with Gasteiger partial charge in [0.15, 0.2) is 11.6 Å². The van der Waals surface area contributed by atoms with Gasteiger partial charge in [0.1, 0.15) is 23.2 Å². The van der Waals surface area contributed by atoms with Gasteiger partial charge in [0.05, 0.1) is 11.1 Å². The van der Waals surface area contributed by atoms with Crippen molar-refractivity contribution in [2.24, 2.45) is 0 Å². The van der Waals surface area contributed by atoms with Gasteiger partial charge >= 0.3 is 5.97 Å². The highest BCUT2D eigenvalue weighted by Gasteiger charge is 2.36. The molecule has 7 nitrogen and oxygen atoms in total. The van der Waals surface area contributed by atoms with Gasteiger partial charge in [-0.3, -0.25) is 9.59 Å². The second-order valence-corrected chi connectivity index (χ2v) is 12.6. The van der Waals surface area contributed by atoms with Crippen LogP contribution in [0.3, 0.4) is 0 Å². The molecule has 40 heavy (non-hydrogen) atoms. The molecule has 0 radical (unpaired) electrons. The number of phenols is 2. The summed E-state index contributed by atoms with van der Waals surface area (Å²) in [5, 5.41) is 21.3. The normalized spacial score (nSPS) is 14.6. The number of allylic oxidation sites excluding steroid dienone is 2. The molecule has 0 saturated heterocycles. The van der Waals surface area contributed by atoms with Gasteiger partial charge in [0, 0.05) is 22.9 Å². The Morgan fingerprint density at radius 2 is 1.57 bits per heavy atom. The molecule has 0 aliphatic heterocycles. The lowest BCUT2D eigenvalue weighted by Crippen LogP contribution is -2.29. The number of fused-ring (bicyclic) bond motifs is 2. The van der Waals surface area contributed by atoms with Crippen LogP contribution in [0.15, 0.2) is 58.0 Å². The van der Waals surface area contributed by atoms with Gasteiger partial charge in [-0.25, -0.2) is 4.79 Å². The van der Waals surface area contributed by atoms with E-state index in [1.807, 2.05) is 19.9 Å². The van der Waals surface area contributed by atoms with Gasteiger partial charge in [-0.15, -0.1) is 0 Å². The summed E-state index contributed by atoms with van der Waals surface area (Å²) in [6.07, 6.45) is 1.84. The molecule has 1 atom stereocenters. The molecule has 0 spiro atoms. The number of phenolic OH excluding ortho intramolecular Hbond substituents is 2. The van der Waals surface area contributed by atoms with E-state index in [0.717, 1.165) is 40.3 Å². The molecule has 3 aromatic rings. The maximum absolute atomic E-state index is 13.5. The summed E-state index contributed by atoms with van der Waals surface area (Å²) in [4.78, 5) is 39.8. The summed E-state index contributed by atoms with van der Waals surface area (Å²) in [5.74, 6) is -3.02. The van der Waals surface area contributed by atoms with Crippen molar-refractivity contribution in [3.05, 3.63) is 81.6 Å². The molecule has 1 aromatic heterocycles. The van der Waals surface area contributed by atoms with E-state index < -0.39 is 35.1 Å². The maximum Gasteiger partial charge on any atom is 0.374 e. The number of carbonyl (C=O) groups is 3. The minimum atomic E-state index is -1.13. The zero-order valence-corrected chi connectivity index (χ0v) is 24.3. The first-order chi connectivity index (χ1) is 18.5. The molecular weight excluding hydrogens is 508 g/mol. The van der Waals surface area contributed by atoms with Crippen LogP contribution in [0.25, 0.3) is 11.0 Å². The molecule has 1 aliphatic rings. The van der Waals surface area contributed by atoms with Crippen molar-refractivity contribution < 1.29 is 33.8 Å². The lowest BCUT2D eigenvalue weighted by molar-refractivity contribution is 0.0339. The monoisotopic (exact) mass is 544 g/mol. The maximum atomic E-state index is 13.5. The average molecular weight is 545 g/mol. The Balaban J connectivity index is 1.76. The number of benzene rings is 2. The molecule has 1 heterocycles. The molecule has 1 aliphatic carbocycles. The molecule has 4 rings (SSSR count). The molecule has 2 aromatic carbocycles. The summed E-state index contributed by atoms with van der Waals surface area (Å²) < 4.78 is 11.9. The Kier molecular flexibility index (Phi) is 7.30. The smallest absolute Gasteiger partial charge is 0.374 e. The van der Waals surface area contributed by atoms with Crippen molar-refractivity contribution >= 4 is 28.5 Å². The highest BCUT2D eigenvalue weighted by atomic mass is 16.6. The van der Waals surface area contributed by atoms with Gasteiger partial charge in [0.25, 0.3) is 0 Å². The van der Waals surface area contributed by atoms with Crippen LogP contribution >= 0.6 is 0 Å². The van der Waals surface area contributed by atoms with Crippen molar-refractivity contribution in [1.29, 1.82) is 0 Å². The third-order valence-corrected chi connectivity index (χ3v) is 7.01. The Morgan fingerprint density at radius 1 is 0.950 bits per heavy atom. The SMILES string of the molecule is CC(C)=CCC(OC(=O)c1cc2cc(C(C)(C)C)cc(C(C)(C)C)c2o1)C1=CC(=O)c2c(O)ccc(O)c2C1=O. The largest absolute Gasteiger partial charge is 0.507 e. The van der Waals surface area contributed by atoms with Crippen molar-refractivity contribution in [2.75, 3.05) is 0 Å². The summed E-state index contributed by atoms with van der Waals surface area (Å²) in [6, 6.07) is 8.05. The first kappa shape index (κ1) is 28.9. The number of Topliss-reactive ketones (excluding diaryl/α,β-unsaturated/α-hetero) is 1. The summed E-state index contributed by atoms with van der Waals surface area (Å²) in [6.45, 7) is 16.3. The summed E-state index contributed by atoms with van der Waals surface area (Å²) >= 11 is 0. The highest BCUT2D eigenvalue weighted by Crippen LogP contribution is 2.38. The lowest BCUT2D eigenvalue weighted by Gasteiger charge is -2.25. The number of esters is 1. The van der Waals surface area contributed by atoms with E-state index in [9.17, 15) is 24.6 Å². The standard InChI is InChI=1S/C33H36O7/c1-17(2)9-12-25(20-16-24(36)27-22(34)10-11-23(35)28(27)29(20)37)40-31(38)26-14-18-13-19(32(3,4)5)15-21(30(18)39-26)33(6,7)8/h9-11,13-16,25,34-35H,12H2,1-8H3. The Bertz CT molecular complexity index is 1600. The lowest BCUT2D eigenvalue weighted by atomic mass is 9.80. The van der Waals surface area contributed by atoms with Crippen LogP contribution in [0.1, 0.15) is 104 Å². The number of hydrogen-bond donors (Lipinski definition) is 2. The van der Waals surface area contributed by atoms with Gasteiger partial charge in [-0.1, -0.05) is 59.3 Å². The predicted octanol–water partition coefficient (Wildman–Crippen LogP) is 7.33. The number of carbonyl (C=O) groups excluding carboxylic acids is 3. The molecule has 0 amide bonds. The van der Waals surface area contributed by atoms with E-state index in [1.54, 1.807) is 12.1 Å². The van der Waals surface area contributed by atoms with E-state index in [2.05, 4.69) is 47.6 Å². The van der Waals surface area contributed by atoms with Crippen LogP contribution in [-0.4, -0.2) is 33.9 Å². The molecule has 0 fully saturated rings. The summed E-state index contributed by atoms with van der Waals surface area (Å²) in [5.41, 5.74) is 2.50. The molecule has 2 N–H and O–H groups in total. The highest BCUT2D eigenvalue weighted by molar-refractivity contribution is 6.27. The second-order valence-electron chi connectivity index (χ2n) is 12.6. The van der Waals surface area contributed by atoms with E-state index in [1.165, 1.54) is 0 Å². The topological polar surface area (TPSA) is 114 Å². The van der Waals surface area contributed by atoms with Crippen LogP contribution in [0.4, 0.5) is 0 Å². The molecule has 1 unspecified atom stereocenters. The van der Waals surface area contributed by atoms with Crippen LogP contribution < -0.4 is 0 Å². The third kappa shape index (κ3) is 5.46. The average Bonchev–Trinajstić information content (AvgIpc) is 3.28. The fourth-order valence-electron chi connectivity index (χ4n) is 4.73. The number of aromatic hydroxyl groups is 2. The minimum absolute atomic E-state index is 0.0233. The van der Waals surface area contributed by atoms with Crippen LogP contribution in [0, 0.1) is 0 Å².